The Balaban J connectivity index is 2.89. The monoisotopic (exact) mass is 187 g/mol. The zero-order valence-corrected chi connectivity index (χ0v) is 8.09. The number of allylic oxidation sites excluding steroid dienone is 1. The molecule has 0 aromatic heterocycles. The van der Waals surface area contributed by atoms with Gasteiger partial charge in [0.05, 0.1) is 12.2 Å². The van der Waals surface area contributed by atoms with Crippen LogP contribution in [-0.4, -0.2) is 11.2 Å². The lowest BCUT2D eigenvalue weighted by Crippen LogP contribution is -2.14. The first kappa shape index (κ1) is 10.5. The summed E-state index contributed by atoms with van der Waals surface area (Å²) >= 11 is 0. The van der Waals surface area contributed by atoms with E-state index in [1.165, 1.54) is 0 Å². The van der Waals surface area contributed by atoms with Crippen LogP contribution in [0.15, 0.2) is 42.5 Å². The van der Waals surface area contributed by atoms with Crippen LogP contribution >= 0.6 is 0 Å². The molecule has 0 spiro atoms. The van der Waals surface area contributed by atoms with Gasteiger partial charge in [-0.05, 0) is 12.5 Å². The van der Waals surface area contributed by atoms with Crippen LogP contribution in [0.25, 0.3) is 0 Å². The number of hydrogen-bond donors (Lipinski definition) is 1. The maximum Gasteiger partial charge on any atom is 0.101 e. The molecule has 0 aliphatic carbocycles. The fourth-order valence-corrected chi connectivity index (χ4v) is 1.32. The van der Waals surface area contributed by atoms with Gasteiger partial charge in [0.25, 0.3) is 0 Å². The van der Waals surface area contributed by atoms with E-state index >= 15 is 0 Å². The first-order chi connectivity index (χ1) is 6.79. The molecule has 1 N–H and O–H groups in total. The molecule has 0 saturated carbocycles. The molecule has 0 radical (unpaired) electrons. The van der Waals surface area contributed by atoms with Crippen LogP contribution in [0.5, 0.6) is 0 Å². The summed E-state index contributed by atoms with van der Waals surface area (Å²) in [5, 5.41) is 18.6. The van der Waals surface area contributed by atoms with E-state index < -0.39 is 12.0 Å². The Morgan fingerprint density at radius 2 is 2.00 bits per heavy atom. The van der Waals surface area contributed by atoms with Crippen molar-refractivity contribution in [1.29, 1.82) is 5.26 Å². The van der Waals surface area contributed by atoms with Crippen LogP contribution < -0.4 is 0 Å². The van der Waals surface area contributed by atoms with Gasteiger partial charge in [-0.25, -0.2) is 0 Å². The molecule has 2 heteroatoms. The van der Waals surface area contributed by atoms with E-state index in [-0.39, 0.29) is 0 Å². The third-order valence-corrected chi connectivity index (χ3v) is 2.03. The highest BCUT2D eigenvalue weighted by Gasteiger charge is 2.17. The molecule has 72 valence electrons. The van der Waals surface area contributed by atoms with E-state index in [2.05, 4.69) is 6.07 Å². The molecule has 0 amide bonds. The van der Waals surface area contributed by atoms with Crippen molar-refractivity contribution in [2.24, 2.45) is 0 Å². The molecule has 1 aromatic rings. The van der Waals surface area contributed by atoms with Crippen LogP contribution in [0.4, 0.5) is 0 Å². The molecule has 14 heavy (non-hydrogen) atoms. The predicted octanol–water partition coefficient (Wildman–Crippen LogP) is 2.23. The van der Waals surface area contributed by atoms with E-state index in [1.54, 1.807) is 12.2 Å². The van der Waals surface area contributed by atoms with Gasteiger partial charge < -0.3 is 5.11 Å². The Labute approximate surface area is 84.1 Å². The highest BCUT2D eigenvalue weighted by molar-refractivity contribution is 5.27. The second-order valence-electron chi connectivity index (χ2n) is 3.03. The van der Waals surface area contributed by atoms with Crippen molar-refractivity contribution in [3.63, 3.8) is 0 Å². The fourth-order valence-electron chi connectivity index (χ4n) is 1.32. The van der Waals surface area contributed by atoms with Gasteiger partial charge in [-0.2, -0.15) is 5.26 Å². The third kappa shape index (κ3) is 2.45. The van der Waals surface area contributed by atoms with E-state index in [0.29, 0.717) is 0 Å². The first-order valence-corrected chi connectivity index (χ1v) is 4.55. The number of nitriles is 1. The highest BCUT2D eigenvalue weighted by Crippen LogP contribution is 2.19. The fraction of sp³-hybridized carbons (Fsp3) is 0.250. The summed E-state index contributed by atoms with van der Waals surface area (Å²) in [4.78, 5) is 0. The molecule has 0 heterocycles. The minimum atomic E-state index is -0.729. The van der Waals surface area contributed by atoms with Crippen LogP contribution in [0, 0.1) is 11.3 Å². The zero-order chi connectivity index (χ0) is 10.4. The Kier molecular flexibility index (Phi) is 3.90. The van der Waals surface area contributed by atoms with Gasteiger partial charge in [0.2, 0.25) is 0 Å². The zero-order valence-electron chi connectivity index (χ0n) is 8.09. The normalized spacial score (nSPS) is 14.9. The molecular formula is C12H13NO. The summed E-state index contributed by atoms with van der Waals surface area (Å²) in [5.74, 6) is -0.479. The van der Waals surface area contributed by atoms with Crippen molar-refractivity contribution in [2.45, 2.75) is 18.9 Å². The molecule has 2 nitrogen and oxygen atoms in total. The predicted molar refractivity (Wildman–Crippen MR) is 55.6 cm³/mol. The highest BCUT2D eigenvalue weighted by atomic mass is 16.3. The van der Waals surface area contributed by atoms with Crippen molar-refractivity contribution in [3.05, 3.63) is 48.0 Å². The molecule has 0 aliphatic heterocycles. The van der Waals surface area contributed by atoms with Crippen LogP contribution in [0.2, 0.25) is 0 Å². The van der Waals surface area contributed by atoms with Crippen molar-refractivity contribution in [2.75, 3.05) is 0 Å². The smallest absolute Gasteiger partial charge is 0.101 e. The first-order valence-electron chi connectivity index (χ1n) is 4.55. The Bertz CT molecular complexity index is 337. The summed E-state index contributed by atoms with van der Waals surface area (Å²) < 4.78 is 0. The summed E-state index contributed by atoms with van der Waals surface area (Å²) in [7, 11) is 0. The molecule has 2 atom stereocenters. The van der Waals surface area contributed by atoms with Crippen LogP contribution in [-0.2, 0) is 0 Å². The SMILES string of the molecule is C/C=C/C(O)C(C#N)c1ccccc1. The number of aliphatic hydroxyl groups excluding tert-OH is 1. The van der Waals surface area contributed by atoms with Crippen molar-refractivity contribution >= 4 is 0 Å². The molecule has 0 fully saturated rings. The lowest BCUT2D eigenvalue weighted by Gasteiger charge is -2.12. The van der Waals surface area contributed by atoms with Crippen molar-refractivity contribution in [3.8, 4) is 6.07 Å². The number of rotatable bonds is 3. The second kappa shape index (κ2) is 5.21. The molecule has 0 bridgehead atoms. The van der Waals surface area contributed by atoms with E-state index in [0.717, 1.165) is 5.56 Å². The summed E-state index contributed by atoms with van der Waals surface area (Å²) in [6, 6.07) is 11.4. The number of benzene rings is 1. The molecule has 1 aromatic carbocycles. The van der Waals surface area contributed by atoms with E-state index in [9.17, 15) is 5.11 Å². The van der Waals surface area contributed by atoms with Gasteiger partial charge in [0.1, 0.15) is 5.92 Å². The largest absolute Gasteiger partial charge is 0.387 e. The maximum atomic E-state index is 9.65. The average Bonchev–Trinajstić information content (AvgIpc) is 2.21. The lowest BCUT2D eigenvalue weighted by molar-refractivity contribution is 0.209. The number of aliphatic hydroxyl groups is 1. The maximum absolute atomic E-state index is 9.65. The third-order valence-electron chi connectivity index (χ3n) is 2.03. The second-order valence-corrected chi connectivity index (χ2v) is 3.03. The quantitative estimate of drug-likeness (QED) is 0.737. The minimum absolute atomic E-state index is 0.479. The van der Waals surface area contributed by atoms with Gasteiger partial charge >= 0.3 is 0 Å². The summed E-state index contributed by atoms with van der Waals surface area (Å²) in [6.07, 6.45) is 2.64. The van der Waals surface area contributed by atoms with Crippen LogP contribution in [0.1, 0.15) is 18.4 Å². The van der Waals surface area contributed by atoms with Gasteiger partial charge in [0, 0.05) is 0 Å². The van der Waals surface area contributed by atoms with Gasteiger partial charge in [-0.15, -0.1) is 0 Å². The van der Waals surface area contributed by atoms with E-state index in [4.69, 9.17) is 5.26 Å². The van der Waals surface area contributed by atoms with Crippen molar-refractivity contribution < 1.29 is 5.11 Å². The lowest BCUT2D eigenvalue weighted by atomic mass is 9.95. The van der Waals surface area contributed by atoms with Gasteiger partial charge in [0.15, 0.2) is 0 Å². The van der Waals surface area contributed by atoms with Gasteiger partial charge in [-0.3, -0.25) is 0 Å². The average molecular weight is 187 g/mol. The Hall–Kier alpha value is -1.59. The number of nitrogens with zero attached hydrogens (tertiary/aromatic N) is 1. The molecule has 0 aliphatic rings. The minimum Gasteiger partial charge on any atom is -0.387 e. The molecular weight excluding hydrogens is 174 g/mol. The van der Waals surface area contributed by atoms with Crippen molar-refractivity contribution in [1.82, 2.24) is 0 Å². The topological polar surface area (TPSA) is 44.0 Å². The Morgan fingerprint density at radius 3 is 2.50 bits per heavy atom. The van der Waals surface area contributed by atoms with Gasteiger partial charge in [-0.1, -0.05) is 42.5 Å². The van der Waals surface area contributed by atoms with E-state index in [1.807, 2.05) is 37.3 Å². The molecule has 1 rings (SSSR count). The summed E-state index contributed by atoms with van der Waals surface area (Å²) in [5.41, 5.74) is 0.848. The standard InChI is InChI=1S/C12H13NO/c1-2-6-12(14)11(9-13)10-7-4-3-5-8-10/h2-8,11-12,14H,1H3/b6-2+. The molecule has 0 saturated heterocycles. The Morgan fingerprint density at radius 1 is 1.36 bits per heavy atom. The molecule has 2 unspecified atom stereocenters. The summed E-state index contributed by atoms with van der Waals surface area (Å²) in [6.45, 7) is 1.82. The van der Waals surface area contributed by atoms with Crippen LogP contribution in [0.3, 0.4) is 0 Å². The number of hydrogen-bond acceptors (Lipinski definition) is 2.